The Morgan fingerprint density at radius 1 is 1.56 bits per heavy atom. The number of aromatic nitrogens is 1. The van der Waals surface area contributed by atoms with Crippen LogP contribution in [0.25, 0.3) is 0 Å². The molecule has 4 nitrogen and oxygen atoms in total. The highest BCUT2D eigenvalue weighted by Crippen LogP contribution is 2.33. The average Bonchev–Trinajstić information content (AvgIpc) is 2.47. The van der Waals surface area contributed by atoms with Gasteiger partial charge >= 0.3 is 0 Å². The lowest BCUT2D eigenvalue weighted by molar-refractivity contribution is 0.303. The van der Waals surface area contributed by atoms with E-state index in [-0.39, 0.29) is 0 Å². The maximum absolute atomic E-state index is 5.76. The van der Waals surface area contributed by atoms with Crippen molar-refractivity contribution >= 4 is 21.7 Å². The van der Waals surface area contributed by atoms with Gasteiger partial charge in [0.15, 0.2) is 11.6 Å². The molecule has 0 amide bonds. The molecule has 5 heteroatoms. The third-order valence-corrected chi connectivity index (χ3v) is 3.56. The normalized spacial score (nSPS) is 24.1. The second kappa shape index (κ2) is 4.22. The Morgan fingerprint density at radius 3 is 3.44 bits per heavy atom. The quantitative estimate of drug-likeness (QED) is 0.781. The molecule has 16 heavy (non-hydrogen) atoms. The molecule has 1 N–H and O–H groups in total. The van der Waals surface area contributed by atoms with Crippen LogP contribution in [0.5, 0.6) is 5.75 Å². The van der Waals surface area contributed by atoms with Crippen LogP contribution in [-0.4, -0.2) is 37.3 Å². The molecule has 0 spiro atoms. The summed E-state index contributed by atoms with van der Waals surface area (Å²) in [6.07, 6.45) is 2.90. The van der Waals surface area contributed by atoms with Gasteiger partial charge in [0.25, 0.3) is 0 Å². The van der Waals surface area contributed by atoms with E-state index >= 15 is 0 Å². The standard InChI is InChI=1S/C11H14BrN3O/c12-8-5-10-11(14-6-8)15-3-2-13-7-9(15)1-4-16-10/h5-6,9,13H,1-4,7H2/t9-/m0/s1. The third kappa shape index (κ3) is 1.78. The van der Waals surface area contributed by atoms with E-state index in [2.05, 4.69) is 31.1 Å². The van der Waals surface area contributed by atoms with Gasteiger partial charge in [0, 0.05) is 42.8 Å². The van der Waals surface area contributed by atoms with Crippen LogP contribution in [0.2, 0.25) is 0 Å². The molecule has 86 valence electrons. The van der Waals surface area contributed by atoms with Crippen LogP contribution in [0.4, 0.5) is 5.82 Å². The third-order valence-electron chi connectivity index (χ3n) is 3.13. The summed E-state index contributed by atoms with van der Waals surface area (Å²) in [5.41, 5.74) is 0. The lowest BCUT2D eigenvalue weighted by Crippen LogP contribution is -2.51. The molecule has 0 aromatic carbocycles. The van der Waals surface area contributed by atoms with Gasteiger partial charge in [-0.15, -0.1) is 0 Å². The Morgan fingerprint density at radius 2 is 2.50 bits per heavy atom. The molecule has 0 unspecified atom stereocenters. The van der Waals surface area contributed by atoms with Crippen LogP contribution >= 0.6 is 15.9 Å². The molecule has 1 atom stereocenters. The number of halogens is 1. The number of fused-ring (bicyclic) bond motifs is 3. The van der Waals surface area contributed by atoms with Crippen molar-refractivity contribution in [2.75, 3.05) is 31.1 Å². The Balaban J connectivity index is 2.00. The van der Waals surface area contributed by atoms with Crippen molar-refractivity contribution in [3.63, 3.8) is 0 Å². The fourth-order valence-electron chi connectivity index (χ4n) is 2.34. The predicted molar refractivity (Wildman–Crippen MR) is 66.1 cm³/mol. The summed E-state index contributed by atoms with van der Waals surface area (Å²) in [5, 5.41) is 3.42. The Hall–Kier alpha value is -0.810. The maximum Gasteiger partial charge on any atom is 0.171 e. The maximum atomic E-state index is 5.76. The Labute approximate surface area is 103 Å². The zero-order valence-corrected chi connectivity index (χ0v) is 10.5. The van der Waals surface area contributed by atoms with E-state index < -0.39 is 0 Å². The molecule has 2 aliphatic rings. The number of nitrogens with zero attached hydrogens (tertiary/aromatic N) is 2. The van der Waals surface area contributed by atoms with Gasteiger partial charge in [-0.2, -0.15) is 0 Å². The lowest BCUT2D eigenvalue weighted by atomic mass is 10.1. The first-order valence-electron chi connectivity index (χ1n) is 5.60. The molecule has 0 bridgehead atoms. The molecule has 0 aliphatic carbocycles. The summed E-state index contributed by atoms with van der Waals surface area (Å²) in [6, 6.07) is 2.52. The second-order valence-electron chi connectivity index (χ2n) is 4.16. The number of piperazine rings is 1. The van der Waals surface area contributed by atoms with Gasteiger partial charge < -0.3 is 15.0 Å². The minimum absolute atomic E-state index is 0.517. The Bertz CT molecular complexity index is 399. The summed E-state index contributed by atoms with van der Waals surface area (Å²) in [5.74, 6) is 1.89. The molecular weight excluding hydrogens is 270 g/mol. The molecule has 0 saturated carbocycles. The Kier molecular flexibility index (Phi) is 2.73. The average molecular weight is 284 g/mol. The van der Waals surface area contributed by atoms with E-state index in [0.29, 0.717) is 6.04 Å². The van der Waals surface area contributed by atoms with Gasteiger partial charge in [0.05, 0.1) is 6.61 Å². The minimum atomic E-state index is 0.517. The molecule has 1 fully saturated rings. The number of nitrogens with one attached hydrogen (secondary N) is 1. The van der Waals surface area contributed by atoms with Gasteiger partial charge in [0.1, 0.15) is 0 Å². The first-order chi connectivity index (χ1) is 7.84. The number of hydrogen-bond donors (Lipinski definition) is 1. The van der Waals surface area contributed by atoms with Crippen LogP contribution in [-0.2, 0) is 0 Å². The van der Waals surface area contributed by atoms with Crippen molar-refractivity contribution < 1.29 is 4.74 Å². The van der Waals surface area contributed by atoms with Crippen molar-refractivity contribution in [1.29, 1.82) is 0 Å². The molecular formula is C11H14BrN3O. The van der Waals surface area contributed by atoms with Crippen LogP contribution in [0.3, 0.4) is 0 Å². The molecule has 1 saturated heterocycles. The van der Waals surface area contributed by atoms with Crippen LogP contribution in [0.1, 0.15) is 6.42 Å². The fourth-order valence-corrected chi connectivity index (χ4v) is 2.65. The van der Waals surface area contributed by atoms with Crippen molar-refractivity contribution in [2.24, 2.45) is 0 Å². The molecule has 2 aliphatic heterocycles. The summed E-state index contributed by atoms with van der Waals surface area (Å²) < 4.78 is 6.73. The topological polar surface area (TPSA) is 37.4 Å². The smallest absolute Gasteiger partial charge is 0.171 e. The summed E-state index contributed by atoms with van der Waals surface area (Å²) in [4.78, 5) is 6.86. The van der Waals surface area contributed by atoms with Crippen molar-refractivity contribution in [3.8, 4) is 5.75 Å². The monoisotopic (exact) mass is 283 g/mol. The van der Waals surface area contributed by atoms with E-state index in [4.69, 9.17) is 4.74 Å². The zero-order chi connectivity index (χ0) is 11.0. The van der Waals surface area contributed by atoms with Gasteiger partial charge in [-0.1, -0.05) is 0 Å². The van der Waals surface area contributed by atoms with Gasteiger partial charge in [-0.3, -0.25) is 0 Å². The summed E-state index contributed by atoms with van der Waals surface area (Å²) in [7, 11) is 0. The van der Waals surface area contributed by atoms with Crippen LogP contribution in [0.15, 0.2) is 16.7 Å². The van der Waals surface area contributed by atoms with Crippen LogP contribution in [0, 0.1) is 0 Å². The molecule has 0 radical (unpaired) electrons. The van der Waals surface area contributed by atoms with Gasteiger partial charge in [0.2, 0.25) is 0 Å². The molecule has 1 aromatic heterocycles. The van der Waals surface area contributed by atoms with E-state index in [9.17, 15) is 0 Å². The summed E-state index contributed by atoms with van der Waals surface area (Å²) >= 11 is 3.43. The van der Waals surface area contributed by atoms with Crippen LogP contribution < -0.4 is 15.0 Å². The second-order valence-corrected chi connectivity index (χ2v) is 5.08. The SMILES string of the molecule is Brc1cnc2c(c1)OCC[C@H]1CNCCN21. The fraction of sp³-hybridized carbons (Fsp3) is 0.545. The molecule has 3 heterocycles. The number of pyridine rings is 1. The lowest BCUT2D eigenvalue weighted by Gasteiger charge is -2.35. The summed E-state index contributed by atoms with van der Waals surface area (Å²) in [6.45, 7) is 3.83. The van der Waals surface area contributed by atoms with Gasteiger partial charge in [-0.25, -0.2) is 4.98 Å². The van der Waals surface area contributed by atoms with Gasteiger partial charge in [-0.05, 0) is 22.0 Å². The molecule has 1 aromatic rings. The van der Waals surface area contributed by atoms with E-state index in [1.807, 2.05) is 12.3 Å². The van der Waals surface area contributed by atoms with E-state index in [0.717, 1.165) is 48.7 Å². The first-order valence-corrected chi connectivity index (χ1v) is 6.39. The van der Waals surface area contributed by atoms with E-state index in [1.165, 1.54) is 0 Å². The highest BCUT2D eigenvalue weighted by Gasteiger charge is 2.28. The minimum Gasteiger partial charge on any atom is -0.490 e. The largest absolute Gasteiger partial charge is 0.490 e. The highest BCUT2D eigenvalue weighted by molar-refractivity contribution is 9.10. The first kappa shape index (κ1) is 10.4. The van der Waals surface area contributed by atoms with E-state index in [1.54, 1.807) is 0 Å². The number of ether oxygens (including phenoxy) is 1. The number of anilines is 1. The van der Waals surface area contributed by atoms with Crippen molar-refractivity contribution in [2.45, 2.75) is 12.5 Å². The number of rotatable bonds is 0. The highest BCUT2D eigenvalue weighted by atomic mass is 79.9. The predicted octanol–water partition coefficient (Wildman–Crippen LogP) is 1.40. The number of hydrogen-bond acceptors (Lipinski definition) is 4. The molecule has 3 rings (SSSR count). The van der Waals surface area contributed by atoms with Crippen molar-refractivity contribution in [3.05, 3.63) is 16.7 Å². The van der Waals surface area contributed by atoms with Crippen molar-refractivity contribution in [1.82, 2.24) is 10.3 Å². The zero-order valence-electron chi connectivity index (χ0n) is 8.95.